The second-order valence-corrected chi connectivity index (χ2v) is 6.66. The van der Waals surface area contributed by atoms with E-state index >= 15 is 0 Å². The molecule has 6 nitrogen and oxygen atoms in total. The molecule has 2 aromatic heterocycles. The highest BCUT2D eigenvalue weighted by atomic mass is 16.6. The maximum absolute atomic E-state index is 5.46. The van der Waals surface area contributed by atoms with E-state index in [0.29, 0.717) is 6.61 Å². The summed E-state index contributed by atoms with van der Waals surface area (Å²) in [6.45, 7) is 4.41. The molecule has 142 valence electrons. The van der Waals surface area contributed by atoms with Crippen molar-refractivity contribution in [3.05, 3.63) is 58.7 Å². The molecule has 0 unspecified atom stereocenters. The Morgan fingerprint density at radius 2 is 2.04 bits per heavy atom. The molecule has 0 N–H and O–H groups in total. The SMILES string of the molecule is CO/N=C1\CCCc2ccc(CCCO/N=C(\C)c3cccc(C)n3)nc21. The van der Waals surface area contributed by atoms with E-state index in [1.54, 1.807) is 7.11 Å². The van der Waals surface area contributed by atoms with Crippen molar-refractivity contribution in [3.8, 4) is 0 Å². The van der Waals surface area contributed by atoms with Gasteiger partial charge in [-0.1, -0.05) is 22.4 Å². The third-order valence-corrected chi connectivity index (χ3v) is 4.50. The van der Waals surface area contributed by atoms with Gasteiger partial charge in [0, 0.05) is 11.4 Å². The van der Waals surface area contributed by atoms with E-state index in [1.807, 2.05) is 32.0 Å². The van der Waals surface area contributed by atoms with Crippen molar-refractivity contribution in [3.63, 3.8) is 0 Å². The first-order chi connectivity index (χ1) is 13.2. The Morgan fingerprint density at radius 1 is 1.15 bits per heavy atom. The monoisotopic (exact) mass is 366 g/mol. The molecule has 2 heterocycles. The molecule has 0 bridgehead atoms. The van der Waals surface area contributed by atoms with E-state index in [9.17, 15) is 0 Å². The molecule has 3 rings (SSSR count). The van der Waals surface area contributed by atoms with Crippen molar-refractivity contribution in [2.75, 3.05) is 13.7 Å². The summed E-state index contributed by atoms with van der Waals surface area (Å²) >= 11 is 0. The topological polar surface area (TPSA) is 69.0 Å². The number of nitrogens with zero attached hydrogens (tertiary/aromatic N) is 4. The van der Waals surface area contributed by atoms with Gasteiger partial charge in [0.2, 0.25) is 0 Å². The van der Waals surface area contributed by atoms with Gasteiger partial charge in [-0.25, -0.2) is 0 Å². The van der Waals surface area contributed by atoms with Crippen molar-refractivity contribution >= 4 is 11.4 Å². The van der Waals surface area contributed by atoms with E-state index in [4.69, 9.17) is 14.7 Å². The van der Waals surface area contributed by atoms with Crippen molar-refractivity contribution in [2.24, 2.45) is 10.3 Å². The van der Waals surface area contributed by atoms with Crippen LogP contribution in [0.5, 0.6) is 0 Å². The quantitative estimate of drug-likeness (QED) is 0.424. The van der Waals surface area contributed by atoms with Gasteiger partial charge < -0.3 is 9.68 Å². The van der Waals surface area contributed by atoms with Gasteiger partial charge in [0.25, 0.3) is 0 Å². The number of fused-ring (bicyclic) bond motifs is 1. The van der Waals surface area contributed by atoms with E-state index in [2.05, 4.69) is 27.4 Å². The summed E-state index contributed by atoms with van der Waals surface area (Å²) in [5.41, 5.74) is 6.83. The molecule has 0 fully saturated rings. The number of hydrogen-bond donors (Lipinski definition) is 0. The Morgan fingerprint density at radius 3 is 2.85 bits per heavy atom. The maximum atomic E-state index is 5.46. The van der Waals surface area contributed by atoms with Gasteiger partial charge in [0.05, 0.1) is 11.4 Å². The van der Waals surface area contributed by atoms with Crippen molar-refractivity contribution < 1.29 is 9.68 Å². The summed E-state index contributed by atoms with van der Waals surface area (Å²) in [5, 5.41) is 8.31. The Hall–Kier alpha value is -2.76. The van der Waals surface area contributed by atoms with E-state index in [0.717, 1.165) is 66.3 Å². The standard InChI is InChI=1S/C21H26N4O2/c1-15-7-4-10-19(22-15)16(2)24-27-14-6-9-18-13-12-17-8-5-11-20(25-26-3)21(17)23-18/h4,7,10,12-13H,5-6,8-9,11,14H2,1-3H3/b24-16+,25-20+. The van der Waals surface area contributed by atoms with Crippen LogP contribution in [0.3, 0.4) is 0 Å². The van der Waals surface area contributed by atoms with Crippen LogP contribution in [0.2, 0.25) is 0 Å². The lowest BCUT2D eigenvalue weighted by atomic mass is 9.94. The summed E-state index contributed by atoms with van der Waals surface area (Å²) in [6, 6.07) is 10.1. The normalized spacial score (nSPS) is 15.5. The van der Waals surface area contributed by atoms with E-state index < -0.39 is 0 Å². The van der Waals surface area contributed by atoms with Crippen molar-refractivity contribution in [2.45, 2.75) is 46.0 Å². The van der Waals surface area contributed by atoms with Gasteiger partial charge in [-0.15, -0.1) is 0 Å². The van der Waals surface area contributed by atoms with Crippen LogP contribution in [0.4, 0.5) is 0 Å². The van der Waals surface area contributed by atoms with Gasteiger partial charge in [0.15, 0.2) is 0 Å². The number of rotatable bonds is 7. The molecule has 0 spiro atoms. The van der Waals surface area contributed by atoms with Gasteiger partial charge in [-0.2, -0.15) is 0 Å². The molecular formula is C21H26N4O2. The van der Waals surface area contributed by atoms with E-state index in [-0.39, 0.29) is 0 Å². The second-order valence-electron chi connectivity index (χ2n) is 6.66. The predicted molar refractivity (Wildman–Crippen MR) is 106 cm³/mol. The molecule has 0 aromatic carbocycles. The molecule has 0 saturated carbocycles. The zero-order valence-electron chi connectivity index (χ0n) is 16.2. The fraction of sp³-hybridized carbons (Fsp3) is 0.429. The summed E-state index contributed by atoms with van der Waals surface area (Å²) in [4.78, 5) is 19.7. The summed E-state index contributed by atoms with van der Waals surface area (Å²) in [6.07, 6.45) is 4.75. The molecule has 0 saturated heterocycles. The van der Waals surface area contributed by atoms with Crippen LogP contribution < -0.4 is 0 Å². The fourth-order valence-corrected chi connectivity index (χ4v) is 3.13. The Bertz CT molecular complexity index is 846. The third-order valence-electron chi connectivity index (χ3n) is 4.50. The van der Waals surface area contributed by atoms with Gasteiger partial charge in [-0.3, -0.25) is 9.97 Å². The lowest BCUT2D eigenvalue weighted by Gasteiger charge is -2.17. The number of aromatic nitrogens is 2. The molecule has 0 aliphatic heterocycles. The van der Waals surface area contributed by atoms with Gasteiger partial charge in [-0.05, 0) is 69.7 Å². The Balaban J connectivity index is 1.53. The summed E-state index contributed by atoms with van der Waals surface area (Å²) < 4.78 is 0. The molecule has 0 atom stereocenters. The minimum absolute atomic E-state index is 0.543. The number of pyridine rings is 2. The van der Waals surface area contributed by atoms with Crippen LogP contribution in [0.1, 0.15) is 54.5 Å². The van der Waals surface area contributed by atoms with E-state index in [1.165, 1.54) is 5.56 Å². The maximum Gasteiger partial charge on any atom is 0.117 e. The zero-order chi connectivity index (χ0) is 19.1. The molecule has 0 radical (unpaired) electrons. The van der Waals surface area contributed by atoms with Crippen LogP contribution in [0.25, 0.3) is 0 Å². The van der Waals surface area contributed by atoms with Gasteiger partial charge in [0.1, 0.15) is 25.1 Å². The minimum atomic E-state index is 0.543. The zero-order valence-corrected chi connectivity index (χ0v) is 16.2. The second kappa shape index (κ2) is 9.26. The largest absolute Gasteiger partial charge is 0.399 e. The van der Waals surface area contributed by atoms with Crippen LogP contribution in [-0.2, 0) is 22.5 Å². The van der Waals surface area contributed by atoms with Crippen LogP contribution in [0.15, 0.2) is 40.6 Å². The van der Waals surface area contributed by atoms with Gasteiger partial charge >= 0.3 is 0 Å². The molecule has 6 heteroatoms. The van der Waals surface area contributed by atoms with Crippen molar-refractivity contribution in [1.29, 1.82) is 0 Å². The summed E-state index contributed by atoms with van der Waals surface area (Å²) in [5.74, 6) is 0. The fourth-order valence-electron chi connectivity index (χ4n) is 3.13. The average Bonchev–Trinajstić information content (AvgIpc) is 2.68. The third kappa shape index (κ3) is 5.12. The summed E-state index contributed by atoms with van der Waals surface area (Å²) in [7, 11) is 1.58. The molecule has 27 heavy (non-hydrogen) atoms. The molecular weight excluding hydrogens is 340 g/mol. The molecule has 0 amide bonds. The first-order valence-electron chi connectivity index (χ1n) is 9.37. The average molecular weight is 366 g/mol. The Kier molecular flexibility index (Phi) is 6.52. The van der Waals surface area contributed by atoms with Crippen LogP contribution in [-0.4, -0.2) is 35.1 Å². The van der Waals surface area contributed by atoms with Crippen LogP contribution in [0, 0.1) is 6.92 Å². The first-order valence-corrected chi connectivity index (χ1v) is 9.37. The highest BCUT2D eigenvalue weighted by Crippen LogP contribution is 2.21. The van der Waals surface area contributed by atoms with Crippen molar-refractivity contribution in [1.82, 2.24) is 9.97 Å². The first kappa shape index (κ1) is 19.0. The van der Waals surface area contributed by atoms with Crippen LogP contribution >= 0.6 is 0 Å². The highest BCUT2D eigenvalue weighted by molar-refractivity contribution is 6.00. The Labute approximate surface area is 160 Å². The molecule has 1 aliphatic rings. The highest BCUT2D eigenvalue weighted by Gasteiger charge is 2.18. The minimum Gasteiger partial charge on any atom is -0.399 e. The molecule has 1 aliphatic carbocycles. The molecule has 2 aromatic rings. The lowest BCUT2D eigenvalue weighted by Crippen LogP contribution is -2.15. The number of hydrogen-bond acceptors (Lipinski definition) is 6. The smallest absolute Gasteiger partial charge is 0.117 e. The lowest BCUT2D eigenvalue weighted by molar-refractivity contribution is 0.141. The predicted octanol–water partition coefficient (Wildman–Crippen LogP) is 3.85. The number of oxime groups is 2. The number of aryl methyl sites for hydroxylation is 3.